The first-order valence-corrected chi connectivity index (χ1v) is 24.5. The number of fused-ring (bicyclic) bond motifs is 13. The van der Waals surface area contributed by atoms with E-state index in [0.717, 1.165) is 11.5 Å². The smallest absolute Gasteiger partial charge is 0.131 e. The number of rotatable bonds is 3. The molecule has 2 fully saturated rings. The standard InChI is InChI=1S/C61H61NO/c1-57(2)46-28-16-15-26-42(46)43-34-33-40(35-50(43)57)62-51-36-45(38-21-9-7-10-22-38)41-25-13-14-27-44(41)54(51)61(6)48-30-18-17-29-47(48)59(4,39-23-11-8-12-24-39)56-55(61)58(62,3)37-53-60(56,5)49-31-19-20-32-52(49)63-53/h13-20,25-39H,7-12,21-24H2,1-6H3. The van der Waals surface area contributed by atoms with Crippen LogP contribution in [0.15, 0.2) is 144 Å². The van der Waals surface area contributed by atoms with E-state index in [2.05, 4.69) is 174 Å². The molecule has 4 unspecified atom stereocenters. The second kappa shape index (κ2) is 12.9. The molecule has 316 valence electrons. The number of anilines is 2. The molecule has 4 atom stereocenters. The van der Waals surface area contributed by atoms with Crippen molar-refractivity contribution < 1.29 is 4.74 Å². The minimum Gasteiger partial charge on any atom is -0.460 e. The Hall–Kier alpha value is -5.34. The Labute approximate surface area is 375 Å². The van der Waals surface area contributed by atoms with Gasteiger partial charge in [-0.05, 0) is 155 Å². The fourth-order valence-corrected chi connectivity index (χ4v) is 15.6. The van der Waals surface area contributed by atoms with Crippen molar-refractivity contribution in [3.63, 3.8) is 0 Å². The van der Waals surface area contributed by atoms with E-state index in [4.69, 9.17) is 4.74 Å². The number of allylic oxidation sites excluding steroid dienone is 1. The predicted octanol–water partition coefficient (Wildman–Crippen LogP) is 15.8. The maximum atomic E-state index is 7.33. The van der Waals surface area contributed by atoms with Crippen molar-refractivity contribution in [1.82, 2.24) is 0 Å². The quantitative estimate of drug-likeness (QED) is 0.165. The molecule has 0 radical (unpaired) electrons. The summed E-state index contributed by atoms with van der Waals surface area (Å²) in [5, 5.41) is 2.87. The van der Waals surface area contributed by atoms with Crippen LogP contribution in [-0.4, -0.2) is 5.54 Å². The molecule has 6 aromatic carbocycles. The molecule has 2 heteroatoms. The topological polar surface area (TPSA) is 12.5 Å². The van der Waals surface area contributed by atoms with Crippen molar-refractivity contribution in [2.24, 2.45) is 5.92 Å². The van der Waals surface area contributed by atoms with Gasteiger partial charge in [-0.1, -0.05) is 156 Å². The summed E-state index contributed by atoms with van der Waals surface area (Å²) in [6, 6.07) is 47.7. The molecule has 2 saturated carbocycles. The van der Waals surface area contributed by atoms with Crippen molar-refractivity contribution in [2.75, 3.05) is 4.90 Å². The van der Waals surface area contributed by atoms with Crippen LogP contribution in [0.2, 0.25) is 0 Å². The lowest BCUT2D eigenvalue weighted by molar-refractivity contribution is 0.210. The van der Waals surface area contributed by atoms with E-state index in [1.54, 1.807) is 11.1 Å². The Kier molecular flexibility index (Phi) is 7.81. The molecule has 7 aliphatic rings. The van der Waals surface area contributed by atoms with Gasteiger partial charge in [0, 0.05) is 33.2 Å². The largest absolute Gasteiger partial charge is 0.460 e. The van der Waals surface area contributed by atoms with Gasteiger partial charge in [0.05, 0.1) is 11.0 Å². The van der Waals surface area contributed by atoms with Crippen LogP contribution in [0.4, 0.5) is 11.4 Å². The highest BCUT2D eigenvalue weighted by atomic mass is 16.5. The molecule has 2 nitrogen and oxygen atoms in total. The average molecular weight is 824 g/mol. The first-order valence-electron chi connectivity index (χ1n) is 24.5. The summed E-state index contributed by atoms with van der Waals surface area (Å²) in [6.07, 6.45) is 15.5. The summed E-state index contributed by atoms with van der Waals surface area (Å²) >= 11 is 0. The number of benzene rings is 6. The Balaban J connectivity index is 1.21. The lowest BCUT2D eigenvalue weighted by Crippen LogP contribution is -2.63. The van der Waals surface area contributed by atoms with Crippen LogP contribution in [-0.2, 0) is 21.7 Å². The van der Waals surface area contributed by atoms with Gasteiger partial charge in [0.15, 0.2) is 0 Å². The first-order chi connectivity index (χ1) is 30.5. The van der Waals surface area contributed by atoms with Crippen molar-refractivity contribution in [2.45, 2.75) is 139 Å². The molecule has 0 amide bonds. The third-order valence-electron chi connectivity index (χ3n) is 18.4. The molecule has 0 aromatic heterocycles. The molecule has 63 heavy (non-hydrogen) atoms. The second-order valence-electron chi connectivity index (χ2n) is 21.8. The van der Waals surface area contributed by atoms with E-state index in [9.17, 15) is 0 Å². The Morgan fingerprint density at radius 1 is 0.524 bits per heavy atom. The molecular formula is C61H61NO. The normalized spacial score (nSPS) is 28.9. The third kappa shape index (κ3) is 4.66. The van der Waals surface area contributed by atoms with Crippen LogP contribution < -0.4 is 9.64 Å². The maximum Gasteiger partial charge on any atom is 0.131 e. The SMILES string of the molecule is CC12C(=CC3(C)C4=C1C(C)(C1CCCCC1)c1ccccc1C4(C)c1c(cc(C4CCCCC4)c4ccccc14)N3c1ccc3c(c1)C(C)(C)c1ccccc1-3)Oc1ccccc12. The van der Waals surface area contributed by atoms with Gasteiger partial charge in [-0.15, -0.1) is 0 Å². The monoisotopic (exact) mass is 823 g/mol. The average Bonchev–Trinajstić information content (AvgIpc) is 3.73. The molecule has 13 rings (SSSR count). The number of hydrogen-bond acceptors (Lipinski definition) is 2. The van der Waals surface area contributed by atoms with Gasteiger partial charge >= 0.3 is 0 Å². The van der Waals surface area contributed by atoms with Gasteiger partial charge in [0.2, 0.25) is 0 Å². The van der Waals surface area contributed by atoms with Gasteiger partial charge in [0.1, 0.15) is 11.5 Å². The zero-order chi connectivity index (χ0) is 42.7. The highest BCUT2D eigenvalue weighted by molar-refractivity contribution is 6.00. The molecule has 5 aliphatic carbocycles. The highest BCUT2D eigenvalue weighted by Crippen LogP contribution is 2.72. The zero-order valence-corrected chi connectivity index (χ0v) is 38.2. The lowest BCUT2D eigenvalue weighted by Gasteiger charge is -2.65. The summed E-state index contributed by atoms with van der Waals surface area (Å²) in [5.74, 6) is 3.18. The van der Waals surface area contributed by atoms with Crippen LogP contribution in [0.3, 0.4) is 0 Å². The fourth-order valence-electron chi connectivity index (χ4n) is 15.6. The summed E-state index contributed by atoms with van der Waals surface area (Å²) in [4.78, 5) is 2.84. The summed E-state index contributed by atoms with van der Waals surface area (Å²) in [7, 11) is 0. The van der Waals surface area contributed by atoms with Crippen LogP contribution in [0.5, 0.6) is 5.75 Å². The minimum absolute atomic E-state index is 0.125. The van der Waals surface area contributed by atoms with Crippen molar-refractivity contribution in [1.29, 1.82) is 0 Å². The minimum atomic E-state index is -0.562. The van der Waals surface area contributed by atoms with Crippen molar-refractivity contribution >= 4 is 22.1 Å². The fraction of sp³-hybridized carbons (Fsp3) is 0.377. The predicted molar refractivity (Wildman–Crippen MR) is 261 cm³/mol. The Bertz CT molecular complexity index is 3010. The van der Waals surface area contributed by atoms with Crippen LogP contribution in [0, 0.1) is 5.92 Å². The van der Waals surface area contributed by atoms with Crippen molar-refractivity contribution in [3.8, 4) is 16.9 Å². The number of nitrogens with zero attached hydrogens (tertiary/aromatic N) is 1. The Morgan fingerprint density at radius 3 is 1.90 bits per heavy atom. The van der Waals surface area contributed by atoms with Gasteiger partial charge in [0.25, 0.3) is 0 Å². The summed E-state index contributed by atoms with van der Waals surface area (Å²) < 4.78 is 7.33. The zero-order valence-electron chi connectivity index (χ0n) is 38.2. The summed E-state index contributed by atoms with van der Waals surface area (Å²) in [6.45, 7) is 15.3. The van der Waals surface area contributed by atoms with E-state index in [0.29, 0.717) is 11.8 Å². The molecule has 6 aromatic rings. The van der Waals surface area contributed by atoms with Gasteiger partial charge in [-0.2, -0.15) is 0 Å². The van der Waals surface area contributed by atoms with Gasteiger partial charge in [-0.3, -0.25) is 0 Å². The Morgan fingerprint density at radius 2 is 1.14 bits per heavy atom. The molecular weight excluding hydrogens is 763 g/mol. The van der Waals surface area contributed by atoms with E-state index < -0.39 is 16.4 Å². The van der Waals surface area contributed by atoms with Crippen LogP contribution in [0.25, 0.3) is 21.9 Å². The molecule has 0 N–H and O–H groups in total. The van der Waals surface area contributed by atoms with E-state index in [1.165, 1.54) is 136 Å². The van der Waals surface area contributed by atoms with E-state index in [-0.39, 0.29) is 10.8 Å². The molecule has 2 aliphatic heterocycles. The molecule has 0 spiro atoms. The molecule has 0 bridgehead atoms. The first kappa shape index (κ1) is 38.1. The van der Waals surface area contributed by atoms with E-state index in [1.807, 2.05) is 0 Å². The van der Waals surface area contributed by atoms with Gasteiger partial charge < -0.3 is 9.64 Å². The lowest BCUT2D eigenvalue weighted by atomic mass is 9.42. The van der Waals surface area contributed by atoms with Gasteiger partial charge in [-0.25, -0.2) is 0 Å². The van der Waals surface area contributed by atoms with E-state index >= 15 is 0 Å². The summed E-state index contributed by atoms with van der Waals surface area (Å²) in [5.41, 5.74) is 17.0. The third-order valence-corrected chi connectivity index (χ3v) is 18.4. The number of hydrogen-bond donors (Lipinski definition) is 0. The highest BCUT2D eigenvalue weighted by Gasteiger charge is 2.67. The molecule has 2 heterocycles. The number of ether oxygens (including phenoxy) is 1. The molecule has 0 saturated heterocycles. The van der Waals surface area contributed by atoms with Crippen LogP contribution >= 0.6 is 0 Å². The maximum absolute atomic E-state index is 7.33. The van der Waals surface area contributed by atoms with Crippen LogP contribution in [0.1, 0.15) is 151 Å². The second-order valence-corrected chi connectivity index (χ2v) is 21.8. The number of para-hydroxylation sites is 1. The van der Waals surface area contributed by atoms with Crippen molar-refractivity contribution in [3.05, 3.63) is 183 Å².